The fourth-order valence-electron chi connectivity index (χ4n) is 4.57. The molecule has 1 aliphatic heterocycles. The predicted octanol–water partition coefficient (Wildman–Crippen LogP) is 5.69. The summed E-state index contributed by atoms with van der Waals surface area (Å²) < 4.78 is 16.7. The third-order valence-electron chi connectivity index (χ3n) is 6.49. The number of aliphatic hydroxyl groups is 1. The molecule has 37 heavy (non-hydrogen) atoms. The second-order valence-electron chi connectivity index (χ2n) is 9.75. The van der Waals surface area contributed by atoms with Crippen LogP contribution in [0.15, 0.2) is 59.5 Å². The lowest BCUT2D eigenvalue weighted by Crippen LogP contribution is -2.29. The lowest BCUT2D eigenvalue weighted by molar-refractivity contribution is -0.140. The number of Topliss-reactive ketones (excluding diaryl/α,β-unsaturated/α-hetero) is 1. The van der Waals surface area contributed by atoms with Crippen molar-refractivity contribution >= 4 is 28.8 Å². The molecule has 0 bridgehead atoms. The summed E-state index contributed by atoms with van der Waals surface area (Å²) in [6.45, 7) is 6.36. The first-order chi connectivity index (χ1) is 17.6. The monoisotopic (exact) mass is 521 g/mol. The van der Waals surface area contributed by atoms with Crippen LogP contribution in [0.4, 0.5) is 0 Å². The highest BCUT2D eigenvalue weighted by atomic mass is 32.1. The highest BCUT2D eigenvalue weighted by Gasteiger charge is 2.47. The second-order valence-corrected chi connectivity index (χ2v) is 10.8. The summed E-state index contributed by atoms with van der Waals surface area (Å²) in [5.74, 6) is -0.539. The van der Waals surface area contributed by atoms with Gasteiger partial charge in [-0.2, -0.15) is 0 Å². The van der Waals surface area contributed by atoms with E-state index in [1.807, 2.05) is 23.6 Å². The van der Waals surface area contributed by atoms with E-state index in [0.717, 1.165) is 10.4 Å². The van der Waals surface area contributed by atoms with Crippen LogP contribution in [-0.2, 0) is 21.5 Å². The number of ketones is 1. The fraction of sp³-hybridized carbons (Fsp3) is 0.310. The Kier molecular flexibility index (Phi) is 7.32. The van der Waals surface area contributed by atoms with Crippen molar-refractivity contribution in [1.82, 2.24) is 4.90 Å². The van der Waals surface area contributed by atoms with Crippen molar-refractivity contribution < 1.29 is 28.9 Å². The summed E-state index contributed by atoms with van der Waals surface area (Å²) in [5, 5.41) is 13.6. The Morgan fingerprint density at radius 2 is 1.70 bits per heavy atom. The Labute approximate surface area is 220 Å². The van der Waals surface area contributed by atoms with Crippen LogP contribution in [0.25, 0.3) is 5.76 Å². The van der Waals surface area contributed by atoms with Crippen molar-refractivity contribution in [2.45, 2.75) is 38.8 Å². The molecule has 1 aliphatic rings. The Morgan fingerprint density at radius 1 is 0.973 bits per heavy atom. The van der Waals surface area contributed by atoms with Crippen LogP contribution in [0.5, 0.6) is 17.2 Å². The van der Waals surface area contributed by atoms with Crippen molar-refractivity contribution in [3.8, 4) is 17.2 Å². The number of likely N-dealkylation sites (tertiary alicyclic amines) is 1. The Hall–Kier alpha value is -3.78. The van der Waals surface area contributed by atoms with Gasteiger partial charge in [0.2, 0.25) is 0 Å². The van der Waals surface area contributed by atoms with E-state index < -0.39 is 17.7 Å². The summed E-state index contributed by atoms with van der Waals surface area (Å²) in [6.07, 6.45) is 0. The maximum atomic E-state index is 13.6. The van der Waals surface area contributed by atoms with Crippen molar-refractivity contribution in [3.63, 3.8) is 0 Å². The first kappa shape index (κ1) is 26.3. The third-order valence-corrected chi connectivity index (χ3v) is 7.36. The first-order valence-electron chi connectivity index (χ1n) is 11.8. The fourth-order valence-corrected chi connectivity index (χ4v) is 5.27. The number of hydrogen-bond acceptors (Lipinski definition) is 7. The van der Waals surface area contributed by atoms with Crippen LogP contribution >= 0.6 is 11.3 Å². The standard InChI is InChI=1S/C29H31NO6S/c1-29(2,3)17-12-13-21(34-4)20(15-17)25(31)23-24(19-10-7-11-22(35-5)27(19)36-6)30(28(33)26(23)32)16-18-9-8-14-37-18/h7-15,24,31H,16H2,1-6H3/b25-23+. The van der Waals surface area contributed by atoms with Crippen LogP contribution in [0, 0.1) is 0 Å². The quantitative estimate of drug-likeness (QED) is 0.244. The number of aliphatic hydroxyl groups excluding tert-OH is 1. The third kappa shape index (κ3) is 4.81. The van der Waals surface area contributed by atoms with Gasteiger partial charge in [0.05, 0.1) is 45.1 Å². The lowest BCUT2D eigenvalue weighted by atomic mass is 9.85. The summed E-state index contributed by atoms with van der Waals surface area (Å²) in [5.41, 5.74) is 1.57. The van der Waals surface area contributed by atoms with Gasteiger partial charge in [0.1, 0.15) is 11.5 Å². The highest BCUT2D eigenvalue weighted by molar-refractivity contribution is 7.09. The van der Waals surface area contributed by atoms with Crippen LogP contribution in [-0.4, -0.2) is 43.0 Å². The van der Waals surface area contributed by atoms with Gasteiger partial charge in [-0.15, -0.1) is 11.3 Å². The largest absolute Gasteiger partial charge is 0.507 e. The normalized spacial score (nSPS) is 17.2. The van der Waals surface area contributed by atoms with Crippen LogP contribution in [0.2, 0.25) is 0 Å². The van der Waals surface area contributed by atoms with E-state index in [9.17, 15) is 14.7 Å². The number of nitrogens with zero attached hydrogens (tertiary/aromatic N) is 1. The van der Waals surface area contributed by atoms with E-state index in [2.05, 4.69) is 20.8 Å². The Bertz CT molecular complexity index is 1350. The van der Waals surface area contributed by atoms with Gasteiger partial charge in [-0.05, 0) is 40.6 Å². The number of carbonyl (C=O) groups is 2. The van der Waals surface area contributed by atoms with Gasteiger partial charge in [0.15, 0.2) is 11.5 Å². The summed E-state index contributed by atoms with van der Waals surface area (Å²) in [4.78, 5) is 29.4. The Balaban J connectivity index is 2.00. The molecule has 1 saturated heterocycles. The molecule has 1 unspecified atom stereocenters. The first-order valence-corrected chi connectivity index (χ1v) is 12.7. The van der Waals surface area contributed by atoms with Crippen molar-refractivity contribution in [1.29, 1.82) is 0 Å². The second kappa shape index (κ2) is 10.3. The zero-order valence-electron chi connectivity index (χ0n) is 21.8. The number of ether oxygens (including phenoxy) is 3. The molecule has 0 aliphatic carbocycles. The maximum absolute atomic E-state index is 13.6. The predicted molar refractivity (Wildman–Crippen MR) is 143 cm³/mol. The van der Waals surface area contributed by atoms with Crippen LogP contribution in [0.1, 0.15) is 48.4 Å². The minimum Gasteiger partial charge on any atom is -0.507 e. The van der Waals surface area contributed by atoms with Gasteiger partial charge in [-0.3, -0.25) is 9.59 Å². The highest BCUT2D eigenvalue weighted by Crippen LogP contribution is 2.47. The smallest absolute Gasteiger partial charge is 0.295 e. The minimum absolute atomic E-state index is 0.0301. The van der Waals surface area contributed by atoms with Crippen molar-refractivity contribution in [3.05, 3.63) is 81.1 Å². The van der Waals surface area contributed by atoms with E-state index >= 15 is 0 Å². The van der Waals surface area contributed by atoms with Gasteiger partial charge >= 0.3 is 0 Å². The molecule has 0 spiro atoms. The minimum atomic E-state index is -0.907. The zero-order chi connectivity index (χ0) is 26.9. The molecule has 0 saturated carbocycles. The zero-order valence-corrected chi connectivity index (χ0v) is 22.6. The molecule has 8 heteroatoms. The molecule has 1 N–H and O–H groups in total. The number of benzene rings is 2. The lowest BCUT2D eigenvalue weighted by Gasteiger charge is -2.27. The summed E-state index contributed by atoms with van der Waals surface area (Å²) >= 11 is 1.48. The molecule has 1 atom stereocenters. The van der Waals surface area contributed by atoms with E-state index in [4.69, 9.17) is 14.2 Å². The van der Waals surface area contributed by atoms with E-state index in [1.165, 1.54) is 37.6 Å². The van der Waals surface area contributed by atoms with Gasteiger partial charge in [-0.1, -0.05) is 45.0 Å². The molecule has 194 valence electrons. The number of amides is 1. The van der Waals surface area contributed by atoms with E-state index in [1.54, 1.807) is 30.3 Å². The molecular weight excluding hydrogens is 490 g/mol. The molecule has 1 amide bonds. The molecular formula is C29H31NO6S. The summed E-state index contributed by atoms with van der Waals surface area (Å²) in [6, 6.07) is 13.7. The molecule has 3 aromatic rings. The average molecular weight is 522 g/mol. The molecule has 7 nitrogen and oxygen atoms in total. The summed E-state index contributed by atoms with van der Waals surface area (Å²) in [7, 11) is 4.52. The molecule has 2 aromatic carbocycles. The van der Waals surface area contributed by atoms with Gasteiger partial charge in [-0.25, -0.2) is 0 Å². The molecule has 2 heterocycles. The number of rotatable bonds is 7. The van der Waals surface area contributed by atoms with Crippen molar-refractivity contribution in [2.75, 3.05) is 21.3 Å². The van der Waals surface area contributed by atoms with Gasteiger partial charge in [0.25, 0.3) is 11.7 Å². The maximum Gasteiger partial charge on any atom is 0.295 e. The van der Waals surface area contributed by atoms with Gasteiger partial charge in [0, 0.05) is 10.4 Å². The average Bonchev–Trinajstić information content (AvgIpc) is 3.49. The number of para-hydroxylation sites is 1. The van der Waals surface area contributed by atoms with E-state index in [0.29, 0.717) is 28.4 Å². The number of methoxy groups -OCH3 is 3. The number of thiophene rings is 1. The molecule has 1 fully saturated rings. The molecule has 4 rings (SSSR count). The van der Waals surface area contributed by atoms with Crippen LogP contribution in [0.3, 0.4) is 0 Å². The van der Waals surface area contributed by atoms with Crippen molar-refractivity contribution in [2.24, 2.45) is 0 Å². The molecule has 1 aromatic heterocycles. The topological polar surface area (TPSA) is 85.3 Å². The van der Waals surface area contributed by atoms with Crippen LogP contribution < -0.4 is 14.2 Å². The number of hydrogen-bond donors (Lipinski definition) is 1. The number of carbonyl (C=O) groups excluding carboxylic acids is 2. The van der Waals surface area contributed by atoms with E-state index in [-0.39, 0.29) is 23.3 Å². The Morgan fingerprint density at radius 3 is 2.30 bits per heavy atom. The van der Waals surface area contributed by atoms with Gasteiger partial charge < -0.3 is 24.2 Å². The molecule has 0 radical (unpaired) electrons. The SMILES string of the molecule is COc1ccc(C(C)(C)C)cc1/C(O)=C1\C(=O)C(=O)N(Cc2cccs2)C1c1cccc(OC)c1OC.